The van der Waals surface area contributed by atoms with E-state index in [9.17, 15) is 13.2 Å². The number of rotatable bonds is 0. The summed E-state index contributed by atoms with van der Waals surface area (Å²) in [6.45, 7) is 0. The van der Waals surface area contributed by atoms with E-state index in [-0.39, 0.29) is 0 Å². The highest BCUT2D eigenvalue weighted by atomic mass is 35.5. The van der Waals surface area contributed by atoms with E-state index in [0.29, 0.717) is 0 Å². The normalized spacial score (nSPS) is 39.5. The Morgan fingerprint density at radius 3 is 1.50 bits per heavy atom. The molecule has 0 fully saturated rings. The van der Waals surface area contributed by atoms with Gasteiger partial charge < -0.3 is 0 Å². The Bertz CT molecular complexity index is 155. The minimum atomic E-state index is -3.64. The Morgan fingerprint density at radius 2 is 1.50 bits per heavy atom. The lowest BCUT2D eigenvalue weighted by Crippen LogP contribution is -2.43. The highest BCUT2D eigenvalue weighted by Crippen LogP contribution is 2.40. The molecule has 1 aliphatic carbocycles. The summed E-state index contributed by atoms with van der Waals surface area (Å²) in [5.41, 5.74) is 0. The van der Waals surface area contributed by atoms with Gasteiger partial charge in [0, 0.05) is 0 Å². The van der Waals surface area contributed by atoms with Crippen LogP contribution in [0.1, 0.15) is 0 Å². The van der Waals surface area contributed by atoms with Gasteiger partial charge in [-0.2, -0.15) is 8.78 Å². The van der Waals surface area contributed by atoms with Crippen LogP contribution in [0.5, 0.6) is 0 Å². The quantitative estimate of drug-likeness (QED) is 0.354. The lowest BCUT2D eigenvalue weighted by molar-refractivity contribution is -0.0290. The molecule has 4 heteroatoms. The number of hydrogen-bond acceptors (Lipinski definition) is 0. The fourth-order valence-electron chi connectivity index (χ4n) is 0.251. The van der Waals surface area contributed by atoms with Crippen LogP contribution in [0.2, 0.25) is 0 Å². The predicted molar refractivity (Wildman–Crippen MR) is 22.4 cm³/mol. The molecule has 1 aliphatic rings. The zero-order chi connectivity index (χ0) is 6.41. The van der Waals surface area contributed by atoms with Crippen LogP contribution in [0, 0.1) is 11.8 Å². The monoisotopic (exact) mass is 140 g/mol. The van der Waals surface area contributed by atoms with Gasteiger partial charge in [-0.3, -0.25) is 0 Å². The molecule has 1 rings (SSSR count). The second-order valence-electron chi connectivity index (χ2n) is 1.40. The van der Waals surface area contributed by atoms with Gasteiger partial charge in [-0.1, -0.05) is 11.6 Å². The Kier molecular flexibility index (Phi) is 0.819. The number of hydrogen-bond donors (Lipinski definition) is 0. The van der Waals surface area contributed by atoms with Gasteiger partial charge in [0.25, 0.3) is 0 Å². The molecule has 0 nitrogen and oxygen atoms in total. The van der Waals surface area contributed by atoms with Gasteiger partial charge in [0.05, 0.1) is 0 Å². The van der Waals surface area contributed by atoms with Gasteiger partial charge in [0.1, 0.15) is 0 Å². The molecule has 0 spiro atoms. The van der Waals surface area contributed by atoms with E-state index < -0.39 is 11.1 Å². The molecule has 0 N–H and O–H groups in total. The van der Waals surface area contributed by atoms with Crippen LogP contribution < -0.4 is 0 Å². The van der Waals surface area contributed by atoms with Crippen LogP contribution in [0.25, 0.3) is 0 Å². The smallest absolute Gasteiger partial charge is 0.203 e. The third kappa shape index (κ3) is 0.496. The van der Waals surface area contributed by atoms with Crippen molar-refractivity contribution in [3.05, 3.63) is 0 Å². The Hall–Kier alpha value is -0.360. The highest BCUT2D eigenvalue weighted by molar-refractivity contribution is 6.26. The molecule has 1 unspecified atom stereocenters. The molecular formula is C4ClF3. The van der Waals surface area contributed by atoms with Crippen LogP contribution in [-0.2, 0) is 0 Å². The Labute approximate surface area is 48.6 Å². The molecule has 0 amide bonds. The third-order valence-electron chi connectivity index (χ3n) is 0.771. The molecule has 0 saturated heterocycles. The van der Waals surface area contributed by atoms with E-state index in [1.807, 2.05) is 0 Å². The summed E-state index contributed by atoms with van der Waals surface area (Å²) in [5.74, 6) is -0.886. The van der Waals surface area contributed by atoms with Gasteiger partial charge in [0.2, 0.25) is 0 Å². The first-order valence-electron chi connectivity index (χ1n) is 1.76. The molecule has 0 aromatic heterocycles. The average molecular weight is 140 g/mol. The van der Waals surface area contributed by atoms with Crippen LogP contribution in [0.4, 0.5) is 13.2 Å². The first-order chi connectivity index (χ1) is 3.46. The van der Waals surface area contributed by atoms with Crippen LogP contribution in [0.15, 0.2) is 0 Å². The van der Waals surface area contributed by atoms with Crippen molar-refractivity contribution in [3.8, 4) is 11.8 Å². The maximum absolute atomic E-state index is 11.8. The predicted octanol–water partition coefficient (Wildman–Crippen LogP) is 1.54. The second-order valence-corrected chi connectivity index (χ2v) is 1.92. The standard InChI is InChI=1S/C4ClF3/c5-3(6)1-2-4(3,7)8. The molecule has 0 heterocycles. The van der Waals surface area contributed by atoms with Gasteiger partial charge in [0.15, 0.2) is 0 Å². The van der Waals surface area contributed by atoms with Gasteiger partial charge >= 0.3 is 11.1 Å². The lowest BCUT2D eigenvalue weighted by atomic mass is 10.1. The zero-order valence-corrected chi connectivity index (χ0v) is 4.27. The van der Waals surface area contributed by atoms with Crippen molar-refractivity contribution < 1.29 is 13.2 Å². The van der Waals surface area contributed by atoms with E-state index in [2.05, 4.69) is 11.6 Å². The first kappa shape index (κ1) is 5.77. The number of alkyl halides is 4. The molecule has 0 bridgehead atoms. The Morgan fingerprint density at radius 1 is 1.12 bits per heavy atom. The summed E-state index contributed by atoms with van der Waals surface area (Å²) in [4.78, 5) is 0. The topological polar surface area (TPSA) is 0 Å². The molecule has 0 saturated carbocycles. The SMILES string of the molecule is FC1(F)C#CC1(F)Cl. The van der Waals surface area contributed by atoms with Gasteiger partial charge in [-0.25, -0.2) is 4.39 Å². The van der Waals surface area contributed by atoms with Crippen LogP contribution >= 0.6 is 11.6 Å². The van der Waals surface area contributed by atoms with E-state index in [1.165, 1.54) is 11.8 Å². The minimum absolute atomic E-state index is 1.28. The summed E-state index contributed by atoms with van der Waals surface area (Å²) >= 11 is 4.51. The van der Waals surface area contributed by atoms with Crippen molar-refractivity contribution >= 4 is 11.6 Å². The third-order valence-corrected chi connectivity index (χ3v) is 1.10. The van der Waals surface area contributed by atoms with Crippen molar-refractivity contribution in [1.82, 2.24) is 0 Å². The summed E-state index contributed by atoms with van der Waals surface area (Å²) in [5, 5.41) is -3.10. The maximum Gasteiger partial charge on any atom is 0.366 e. The van der Waals surface area contributed by atoms with Gasteiger partial charge in [-0.15, -0.1) is 0 Å². The molecule has 0 aromatic carbocycles. The molecule has 0 aliphatic heterocycles. The molecule has 1 atom stereocenters. The van der Waals surface area contributed by atoms with Crippen LogP contribution in [0.3, 0.4) is 0 Å². The minimum Gasteiger partial charge on any atom is -0.203 e. The summed E-state index contributed by atoms with van der Waals surface area (Å²) in [7, 11) is 0. The van der Waals surface area contributed by atoms with E-state index in [0.717, 1.165) is 0 Å². The first-order valence-corrected chi connectivity index (χ1v) is 2.13. The van der Waals surface area contributed by atoms with E-state index in [1.54, 1.807) is 0 Å². The number of halogens is 4. The second kappa shape index (κ2) is 1.14. The van der Waals surface area contributed by atoms with E-state index in [4.69, 9.17) is 0 Å². The summed E-state index contributed by atoms with van der Waals surface area (Å²) < 4.78 is 35.1. The average Bonchev–Trinajstić information content (AvgIpc) is 1.64. The van der Waals surface area contributed by atoms with Crippen molar-refractivity contribution in [3.63, 3.8) is 0 Å². The molecule has 0 aromatic rings. The molecule has 44 valence electrons. The molecular weight excluding hydrogens is 140 g/mol. The van der Waals surface area contributed by atoms with Gasteiger partial charge in [-0.05, 0) is 11.8 Å². The van der Waals surface area contributed by atoms with Crippen molar-refractivity contribution in [2.75, 3.05) is 0 Å². The molecule has 8 heavy (non-hydrogen) atoms. The fourth-order valence-corrected chi connectivity index (χ4v) is 0.346. The maximum atomic E-state index is 11.8. The van der Waals surface area contributed by atoms with Crippen LogP contribution in [-0.4, -0.2) is 11.1 Å². The Balaban J connectivity index is 2.90. The summed E-state index contributed by atoms with van der Waals surface area (Å²) in [6.07, 6.45) is 0. The highest BCUT2D eigenvalue weighted by Gasteiger charge is 2.57. The fraction of sp³-hybridized carbons (Fsp3) is 0.500. The van der Waals surface area contributed by atoms with E-state index >= 15 is 0 Å². The molecule has 0 radical (unpaired) electrons. The van der Waals surface area contributed by atoms with Crippen molar-refractivity contribution in [1.29, 1.82) is 0 Å². The van der Waals surface area contributed by atoms with Crippen molar-refractivity contribution in [2.24, 2.45) is 0 Å². The largest absolute Gasteiger partial charge is 0.366 e. The lowest BCUT2D eigenvalue weighted by Gasteiger charge is -2.23. The summed E-state index contributed by atoms with van der Waals surface area (Å²) in [6, 6.07) is 0. The van der Waals surface area contributed by atoms with Crippen molar-refractivity contribution in [2.45, 2.75) is 11.1 Å². The zero-order valence-electron chi connectivity index (χ0n) is 3.51.